The van der Waals surface area contributed by atoms with E-state index in [1.165, 1.54) is 12.1 Å². The summed E-state index contributed by atoms with van der Waals surface area (Å²) in [6.45, 7) is 2.76. The van der Waals surface area contributed by atoms with E-state index in [4.69, 9.17) is 4.42 Å². The third kappa shape index (κ3) is 2.13. The molecule has 0 N–H and O–H groups in total. The SMILES string of the molecule is CCn1nnc2ccc(-c3c(-c4ccc(F)cc4)nc4occn34)cc21. The summed E-state index contributed by atoms with van der Waals surface area (Å²) < 4.78 is 22.5. The van der Waals surface area contributed by atoms with Crippen molar-refractivity contribution in [3.05, 3.63) is 60.7 Å². The Morgan fingerprint density at radius 3 is 2.69 bits per heavy atom. The molecule has 0 saturated heterocycles. The van der Waals surface area contributed by atoms with E-state index in [0.717, 1.165) is 40.1 Å². The summed E-state index contributed by atoms with van der Waals surface area (Å²) in [5.41, 5.74) is 5.19. The van der Waals surface area contributed by atoms with Gasteiger partial charge in [-0.25, -0.2) is 9.07 Å². The maximum Gasteiger partial charge on any atom is 0.306 e. The third-order valence-electron chi connectivity index (χ3n) is 4.47. The molecule has 0 unspecified atom stereocenters. The molecule has 26 heavy (non-hydrogen) atoms. The minimum Gasteiger partial charge on any atom is -0.432 e. The highest BCUT2D eigenvalue weighted by Crippen LogP contribution is 2.34. The number of rotatable bonds is 3. The van der Waals surface area contributed by atoms with Gasteiger partial charge in [-0.2, -0.15) is 4.98 Å². The Labute approximate surface area is 147 Å². The molecule has 0 aliphatic carbocycles. The van der Waals surface area contributed by atoms with Crippen LogP contribution in [-0.4, -0.2) is 24.4 Å². The fourth-order valence-corrected chi connectivity index (χ4v) is 3.22. The van der Waals surface area contributed by atoms with Gasteiger partial charge < -0.3 is 4.42 Å². The van der Waals surface area contributed by atoms with Crippen LogP contribution in [0.25, 0.3) is 39.4 Å². The smallest absolute Gasteiger partial charge is 0.306 e. The zero-order chi connectivity index (χ0) is 17.7. The fourth-order valence-electron chi connectivity index (χ4n) is 3.22. The Morgan fingerprint density at radius 2 is 1.88 bits per heavy atom. The van der Waals surface area contributed by atoms with Crippen LogP contribution in [0, 0.1) is 5.82 Å². The van der Waals surface area contributed by atoms with E-state index in [1.54, 1.807) is 18.4 Å². The van der Waals surface area contributed by atoms with Gasteiger partial charge in [0.2, 0.25) is 0 Å². The Morgan fingerprint density at radius 1 is 1.08 bits per heavy atom. The zero-order valence-corrected chi connectivity index (χ0v) is 13.9. The summed E-state index contributed by atoms with van der Waals surface area (Å²) in [4.78, 5) is 4.60. The number of fused-ring (bicyclic) bond motifs is 2. The van der Waals surface area contributed by atoms with Gasteiger partial charge in [-0.1, -0.05) is 11.3 Å². The molecule has 128 valence electrons. The predicted molar refractivity (Wildman–Crippen MR) is 95.0 cm³/mol. The van der Waals surface area contributed by atoms with Crippen LogP contribution in [-0.2, 0) is 6.54 Å². The monoisotopic (exact) mass is 347 g/mol. The highest BCUT2D eigenvalue weighted by molar-refractivity contribution is 5.86. The van der Waals surface area contributed by atoms with Gasteiger partial charge in [-0.05, 0) is 43.3 Å². The number of aryl methyl sites for hydroxylation is 1. The lowest BCUT2D eigenvalue weighted by molar-refractivity contribution is 0.596. The number of oxazole rings is 1. The summed E-state index contributed by atoms with van der Waals surface area (Å²) in [5.74, 6) is 0.207. The summed E-state index contributed by atoms with van der Waals surface area (Å²) >= 11 is 0. The zero-order valence-electron chi connectivity index (χ0n) is 13.9. The molecule has 6 nitrogen and oxygen atoms in total. The molecule has 5 rings (SSSR count). The summed E-state index contributed by atoms with van der Waals surface area (Å²) in [6, 6.07) is 12.3. The molecule has 5 aromatic rings. The van der Waals surface area contributed by atoms with Gasteiger partial charge in [0, 0.05) is 23.9 Å². The largest absolute Gasteiger partial charge is 0.432 e. The van der Waals surface area contributed by atoms with Crippen molar-refractivity contribution in [3.8, 4) is 22.5 Å². The molecule has 0 spiro atoms. The van der Waals surface area contributed by atoms with E-state index >= 15 is 0 Å². The van der Waals surface area contributed by atoms with Gasteiger partial charge in [0.25, 0.3) is 0 Å². The molecule has 0 aliphatic rings. The fraction of sp³-hybridized carbons (Fsp3) is 0.105. The number of nitrogens with zero attached hydrogens (tertiary/aromatic N) is 5. The average molecular weight is 347 g/mol. The van der Waals surface area contributed by atoms with Crippen LogP contribution in [0.2, 0.25) is 0 Å². The second-order valence-corrected chi connectivity index (χ2v) is 5.98. The maximum atomic E-state index is 13.3. The number of imidazole rings is 1. The number of benzene rings is 2. The van der Waals surface area contributed by atoms with Gasteiger partial charge >= 0.3 is 5.84 Å². The minimum absolute atomic E-state index is 0.280. The van der Waals surface area contributed by atoms with Crippen LogP contribution in [0.15, 0.2) is 59.3 Å². The minimum atomic E-state index is -0.280. The van der Waals surface area contributed by atoms with Crippen molar-refractivity contribution in [1.82, 2.24) is 24.4 Å². The van der Waals surface area contributed by atoms with Crippen molar-refractivity contribution < 1.29 is 8.81 Å². The molecule has 0 atom stereocenters. The van der Waals surface area contributed by atoms with Crippen LogP contribution in [0.3, 0.4) is 0 Å². The molecule has 3 heterocycles. The second-order valence-electron chi connectivity index (χ2n) is 5.98. The van der Waals surface area contributed by atoms with E-state index in [2.05, 4.69) is 15.3 Å². The predicted octanol–water partition coefficient (Wildman–Crippen LogP) is 4.17. The van der Waals surface area contributed by atoms with Crippen molar-refractivity contribution in [2.45, 2.75) is 13.5 Å². The molecule has 7 heteroatoms. The first-order valence-corrected chi connectivity index (χ1v) is 8.29. The lowest BCUT2D eigenvalue weighted by atomic mass is 10.0. The van der Waals surface area contributed by atoms with E-state index in [9.17, 15) is 4.39 Å². The molecule has 3 aromatic heterocycles. The Bertz CT molecular complexity index is 1230. The number of halogens is 1. The van der Waals surface area contributed by atoms with Gasteiger partial charge in [-0.3, -0.25) is 4.40 Å². The van der Waals surface area contributed by atoms with Gasteiger partial charge in [0.15, 0.2) is 0 Å². The van der Waals surface area contributed by atoms with Crippen LogP contribution < -0.4 is 0 Å². The highest BCUT2D eigenvalue weighted by Gasteiger charge is 2.19. The normalized spacial score (nSPS) is 11.6. The topological polar surface area (TPSA) is 61.2 Å². The van der Waals surface area contributed by atoms with Crippen molar-refractivity contribution >= 4 is 16.9 Å². The van der Waals surface area contributed by atoms with Crippen LogP contribution in [0.1, 0.15) is 6.92 Å². The molecule has 0 fully saturated rings. The van der Waals surface area contributed by atoms with Gasteiger partial charge in [0.1, 0.15) is 23.3 Å². The molecule has 0 radical (unpaired) electrons. The van der Waals surface area contributed by atoms with Crippen LogP contribution in [0.4, 0.5) is 4.39 Å². The second kappa shape index (κ2) is 5.52. The summed E-state index contributed by atoms with van der Waals surface area (Å²) in [5, 5.41) is 8.35. The molecular weight excluding hydrogens is 333 g/mol. The van der Waals surface area contributed by atoms with E-state index in [1.807, 2.05) is 40.4 Å². The molecule has 0 bridgehead atoms. The number of hydrogen-bond acceptors (Lipinski definition) is 4. The molecule has 2 aromatic carbocycles. The third-order valence-corrected chi connectivity index (χ3v) is 4.47. The van der Waals surface area contributed by atoms with Crippen molar-refractivity contribution in [3.63, 3.8) is 0 Å². The molecular formula is C19H14FN5O. The first-order valence-electron chi connectivity index (χ1n) is 8.29. The van der Waals surface area contributed by atoms with Gasteiger partial charge in [-0.15, -0.1) is 5.10 Å². The Hall–Kier alpha value is -3.48. The maximum absolute atomic E-state index is 13.3. The molecule has 0 aliphatic heterocycles. The van der Waals surface area contributed by atoms with Gasteiger partial charge in [0.05, 0.1) is 11.2 Å². The molecule has 0 saturated carbocycles. The Balaban J connectivity index is 1.79. The average Bonchev–Trinajstić information content (AvgIpc) is 3.35. The standard InChI is InChI=1S/C19H14FN5O/c1-2-25-16-11-13(5-8-15(16)22-23-25)18-17(12-3-6-14(20)7-4-12)21-19-24(18)9-10-26-19/h3-11H,2H2,1H3. The summed E-state index contributed by atoms with van der Waals surface area (Å²) in [7, 11) is 0. The quantitative estimate of drug-likeness (QED) is 0.491. The van der Waals surface area contributed by atoms with E-state index in [-0.39, 0.29) is 5.82 Å². The first-order chi connectivity index (χ1) is 12.7. The van der Waals surface area contributed by atoms with Crippen molar-refractivity contribution in [1.29, 1.82) is 0 Å². The number of hydrogen-bond donors (Lipinski definition) is 0. The van der Waals surface area contributed by atoms with Crippen molar-refractivity contribution in [2.75, 3.05) is 0 Å². The lowest BCUT2D eigenvalue weighted by Gasteiger charge is -2.06. The first kappa shape index (κ1) is 14.8. The Kier molecular flexibility index (Phi) is 3.15. The van der Waals surface area contributed by atoms with E-state index in [0.29, 0.717) is 5.84 Å². The molecule has 0 amide bonds. The van der Waals surface area contributed by atoms with Crippen LogP contribution >= 0.6 is 0 Å². The number of aromatic nitrogens is 5. The summed E-state index contributed by atoms with van der Waals surface area (Å²) in [6.07, 6.45) is 3.42. The van der Waals surface area contributed by atoms with Crippen LogP contribution in [0.5, 0.6) is 0 Å². The highest BCUT2D eigenvalue weighted by atomic mass is 19.1. The lowest BCUT2D eigenvalue weighted by Crippen LogP contribution is -1.96. The van der Waals surface area contributed by atoms with Crippen molar-refractivity contribution in [2.24, 2.45) is 0 Å². The van der Waals surface area contributed by atoms with E-state index < -0.39 is 0 Å².